The summed E-state index contributed by atoms with van der Waals surface area (Å²) in [6.45, 7) is 1.97. The van der Waals surface area contributed by atoms with Crippen LogP contribution in [0, 0.1) is 6.92 Å². The minimum atomic E-state index is 0.993. The highest BCUT2D eigenvalue weighted by molar-refractivity contribution is 5.24. The molecule has 0 amide bonds. The Morgan fingerprint density at radius 2 is 2.45 bits per heavy atom. The van der Waals surface area contributed by atoms with Crippen LogP contribution in [-0.4, -0.2) is 14.5 Å². The first-order valence-electron chi connectivity index (χ1n) is 3.51. The maximum atomic E-state index is 4.12. The van der Waals surface area contributed by atoms with Crippen molar-refractivity contribution in [3.05, 3.63) is 36.5 Å². The summed E-state index contributed by atoms with van der Waals surface area (Å²) in [6, 6.07) is 3.98. The fourth-order valence-electron chi connectivity index (χ4n) is 1.10. The summed E-state index contributed by atoms with van der Waals surface area (Å²) in [5, 5.41) is 0. The molecule has 3 heteroatoms. The molecule has 2 heterocycles. The van der Waals surface area contributed by atoms with E-state index in [1.54, 1.807) is 6.20 Å². The lowest BCUT2D eigenvalue weighted by Crippen LogP contribution is -1.94. The number of aromatic nitrogens is 3. The monoisotopic (exact) mass is 147 g/mol. The lowest BCUT2D eigenvalue weighted by molar-refractivity contribution is 0.944. The maximum Gasteiger partial charge on any atom is 0.115 e. The molecule has 0 radical (unpaired) electrons. The van der Waals surface area contributed by atoms with Crippen molar-refractivity contribution in [3.63, 3.8) is 0 Å². The van der Waals surface area contributed by atoms with E-state index >= 15 is 0 Å². The Hall–Kier alpha value is -1.51. The Kier molecular flexibility index (Phi) is 1.28. The van der Waals surface area contributed by atoms with Gasteiger partial charge in [-0.1, -0.05) is 0 Å². The van der Waals surface area contributed by atoms with E-state index in [1.165, 1.54) is 0 Å². The minimum Gasteiger partial charge on any atom is -0.348 e. The molecule has 11 heavy (non-hydrogen) atoms. The third kappa shape index (κ3) is 0.941. The van der Waals surface area contributed by atoms with E-state index in [-0.39, 0.29) is 0 Å². The Morgan fingerprint density at radius 1 is 1.55 bits per heavy atom. The summed E-state index contributed by atoms with van der Waals surface area (Å²) >= 11 is 0. The van der Waals surface area contributed by atoms with Gasteiger partial charge in [-0.25, -0.2) is 4.98 Å². The van der Waals surface area contributed by atoms with Crippen LogP contribution in [-0.2, 0) is 0 Å². The molecule has 2 rings (SSSR count). The molecule has 0 fully saturated rings. The van der Waals surface area contributed by atoms with Crippen molar-refractivity contribution in [2.75, 3.05) is 0 Å². The Bertz CT molecular complexity index is 332. The molecular formula is C8H9N3. The van der Waals surface area contributed by atoms with Gasteiger partial charge in [0.15, 0.2) is 0 Å². The first kappa shape index (κ1) is 6.22. The quantitative estimate of drug-likeness (QED) is 0.651. The summed E-state index contributed by atoms with van der Waals surface area (Å²) in [7, 11) is 0. The number of hydrogen-bond acceptors (Lipinski definition) is 1. The van der Waals surface area contributed by atoms with Gasteiger partial charge in [-0.3, -0.25) is 4.57 Å². The van der Waals surface area contributed by atoms with E-state index in [1.807, 2.05) is 36.0 Å². The fourth-order valence-corrected chi connectivity index (χ4v) is 1.10. The zero-order valence-electron chi connectivity index (χ0n) is 6.28. The van der Waals surface area contributed by atoms with E-state index in [9.17, 15) is 0 Å². The minimum absolute atomic E-state index is 0.993. The SMILES string of the molecule is Cc1nccn1-c1ccc[nH]1. The Labute approximate surface area is 64.7 Å². The molecule has 2 aromatic rings. The van der Waals surface area contributed by atoms with Crippen molar-refractivity contribution in [1.29, 1.82) is 0 Å². The average molecular weight is 147 g/mol. The maximum absolute atomic E-state index is 4.12. The van der Waals surface area contributed by atoms with E-state index in [0.29, 0.717) is 0 Å². The molecule has 0 aromatic carbocycles. The predicted octanol–water partition coefficient (Wildman–Crippen LogP) is 1.51. The van der Waals surface area contributed by atoms with Crippen LogP contribution in [0.4, 0.5) is 0 Å². The summed E-state index contributed by atoms with van der Waals surface area (Å²) in [5.41, 5.74) is 0. The highest BCUT2D eigenvalue weighted by atomic mass is 15.1. The topological polar surface area (TPSA) is 33.6 Å². The molecule has 0 spiro atoms. The molecule has 0 aliphatic carbocycles. The number of nitrogens with zero attached hydrogens (tertiary/aromatic N) is 2. The van der Waals surface area contributed by atoms with Crippen LogP contribution in [0.15, 0.2) is 30.7 Å². The summed E-state index contributed by atoms with van der Waals surface area (Å²) in [5.74, 6) is 2.05. The molecule has 1 N–H and O–H groups in total. The van der Waals surface area contributed by atoms with Gasteiger partial charge in [0.1, 0.15) is 11.6 Å². The van der Waals surface area contributed by atoms with Gasteiger partial charge in [0.05, 0.1) is 0 Å². The van der Waals surface area contributed by atoms with Crippen LogP contribution < -0.4 is 0 Å². The van der Waals surface area contributed by atoms with Gasteiger partial charge in [-0.15, -0.1) is 0 Å². The van der Waals surface area contributed by atoms with Crippen LogP contribution in [0.3, 0.4) is 0 Å². The van der Waals surface area contributed by atoms with Gasteiger partial charge >= 0.3 is 0 Å². The van der Waals surface area contributed by atoms with Crippen LogP contribution in [0.25, 0.3) is 5.82 Å². The van der Waals surface area contributed by atoms with Crippen LogP contribution >= 0.6 is 0 Å². The van der Waals surface area contributed by atoms with Crippen molar-refractivity contribution < 1.29 is 0 Å². The predicted molar refractivity (Wildman–Crippen MR) is 42.7 cm³/mol. The van der Waals surface area contributed by atoms with Gasteiger partial charge < -0.3 is 4.98 Å². The second-order valence-electron chi connectivity index (χ2n) is 2.40. The van der Waals surface area contributed by atoms with Crippen molar-refractivity contribution in [1.82, 2.24) is 14.5 Å². The lowest BCUT2D eigenvalue weighted by Gasteiger charge is -1.98. The molecule has 56 valence electrons. The molecular weight excluding hydrogens is 138 g/mol. The summed E-state index contributed by atoms with van der Waals surface area (Å²) in [4.78, 5) is 7.22. The number of rotatable bonds is 1. The van der Waals surface area contributed by atoms with Gasteiger partial charge in [0.25, 0.3) is 0 Å². The van der Waals surface area contributed by atoms with Gasteiger partial charge in [0.2, 0.25) is 0 Å². The van der Waals surface area contributed by atoms with Crippen molar-refractivity contribution in [3.8, 4) is 5.82 Å². The molecule has 0 aliphatic heterocycles. The molecule has 0 saturated carbocycles. The third-order valence-corrected chi connectivity index (χ3v) is 1.67. The zero-order valence-corrected chi connectivity index (χ0v) is 6.28. The summed E-state index contributed by atoms with van der Waals surface area (Å²) in [6.07, 6.45) is 5.62. The van der Waals surface area contributed by atoms with Crippen LogP contribution in [0.5, 0.6) is 0 Å². The Morgan fingerprint density at radius 3 is 3.00 bits per heavy atom. The standard InChI is InChI=1S/C8H9N3/c1-7-9-5-6-11(7)8-3-2-4-10-8/h2-6,10H,1H3. The van der Waals surface area contributed by atoms with Crippen LogP contribution in [0.1, 0.15) is 5.82 Å². The van der Waals surface area contributed by atoms with Crippen molar-refractivity contribution in [2.45, 2.75) is 6.92 Å². The average Bonchev–Trinajstić information content (AvgIpc) is 2.55. The first-order chi connectivity index (χ1) is 5.38. The number of aryl methyl sites for hydroxylation is 1. The van der Waals surface area contributed by atoms with E-state index in [2.05, 4.69) is 9.97 Å². The number of imidazole rings is 1. The number of aromatic amines is 1. The first-order valence-corrected chi connectivity index (χ1v) is 3.51. The number of nitrogens with one attached hydrogen (secondary N) is 1. The number of hydrogen-bond donors (Lipinski definition) is 1. The molecule has 2 aromatic heterocycles. The van der Waals surface area contributed by atoms with Gasteiger partial charge in [-0.2, -0.15) is 0 Å². The molecule has 3 nitrogen and oxygen atoms in total. The lowest BCUT2D eigenvalue weighted by atomic mass is 10.6. The smallest absolute Gasteiger partial charge is 0.115 e. The largest absolute Gasteiger partial charge is 0.348 e. The second-order valence-corrected chi connectivity index (χ2v) is 2.40. The molecule has 0 unspecified atom stereocenters. The highest BCUT2D eigenvalue weighted by Gasteiger charge is 1.97. The number of H-pyrrole nitrogens is 1. The van der Waals surface area contributed by atoms with E-state index < -0.39 is 0 Å². The zero-order chi connectivity index (χ0) is 7.68. The van der Waals surface area contributed by atoms with Crippen molar-refractivity contribution >= 4 is 0 Å². The van der Waals surface area contributed by atoms with Gasteiger partial charge in [0, 0.05) is 18.6 Å². The van der Waals surface area contributed by atoms with E-state index in [4.69, 9.17) is 0 Å². The second kappa shape index (κ2) is 2.27. The molecule has 0 bridgehead atoms. The molecule has 0 atom stereocenters. The Balaban J connectivity index is 2.53. The van der Waals surface area contributed by atoms with Crippen molar-refractivity contribution in [2.24, 2.45) is 0 Å². The van der Waals surface area contributed by atoms with Crippen LogP contribution in [0.2, 0.25) is 0 Å². The third-order valence-electron chi connectivity index (χ3n) is 1.67. The molecule has 0 saturated heterocycles. The molecule has 0 aliphatic rings. The van der Waals surface area contributed by atoms with Gasteiger partial charge in [-0.05, 0) is 19.1 Å². The summed E-state index contributed by atoms with van der Waals surface area (Å²) < 4.78 is 2.00. The highest BCUT2D eigenvalue weighted by Crippen LogP contribution is 2.05. The van der Waals surface area contributed by atoms with E-state index in [0.717, 1.165) is 11.6 Å². The fraction of sp³-hybridized carbons (Fsp3) is 0.125. The normalized spacial score (nSPS) is 10.3.